The maximum Gasteiger partial charge on any atom is 0.465 e. The molecule has 7 aliphatic rings. The van der Waals surface area contributed by atoms with E-state index in [2.05, 4.69) is 0 Å². The lowest BCUT2D eigenvalue weighted by Crippen LogP contribution is -2.58. The Bertz CT molecular complexity index is 1020. The van der Waals surface area contributed by atoms with Crippen molar-refractivity contribution in [2.45, 2.75) is 81.7 Å². The average molecular weight is 533 g/mol. The second kappa shape index (κ2) is 8.86. The van der Waals surface area contributed by atoms with Crippen molar-refractivity contribution in [3.05, 3.63) is 0 Å². The lowest BCUT2D eigenvalue weighted by molar-refractivity contribution is -0.209. The van der Waals surface area contributed by atoms with Gasteiger partial charge in [-0.05, 0) is 99.2 Å². The number of carbonyl (C=O) groups is 2. The molecular weight excluding hydrogens is 498 g/mol. The van der Waals surface area contributed by atoms with E-state index in [1.54, 1.807) is 0 Å². The highest BCUT2D eigenvalue weighted by atomic mass is 32.2. The Morgan fingerprint density at radius 3 is 2.31 bits per heavy atom. The molecule has 36 heavy (non-hydrogen) atoms. The number of alkyl halides is 2. The fourth-order valence-corrected chi connectivity index (χ4v) is 9.39. The van der Waals surface area contributed by atoms with Crippen LogP contribution in [0.15, 0.2) is 0 Å². The summed E-state index contributed by atoms with van der Waals surface area (Å²) in [5, 5.41) is -5.05. The maximum absolute atomic E-state index is 13.9. The van der Waals surface area contributed by atoms with E-state index in [9.17, 15) is 26.8 Å². The summed E-state index contributed by atoms with van der Waals surface area (Å²) >= 11 is 0. The molecule has 7 saturated carbocycles. The monoisotopic (exact) mass is 532 g/mol. The van der Waals surface area contributed by atoms with Gasteiger partial charge in [-0.1, -0.05) is 6.42 Å². The van der Waals surface area contributed by atoms with E-state index < -0.39 is 45.3 Å². The van der Waals surface area contributed by atoms with E-state index in [-0.39, 0.29) is 24.7 Å². The van der Waals surface area contributed by atoms with Crippen LogP contribution in [0, 0.1) is 53.3 Å². The number of carbonyl (C=O) groups excluding carboxylic acids is 2. The van der Waals surface area contributed by atoms with Crippen molar-refractivity contribution in [3.63, 3.8) is 0 Å². The smallest absolute Gasteiger partial charge is 0.456 e. The van der Waals surface area contributed by atoms with Crippen LogP contribution in [0.1, 0.15) is 64.2 Å². The molecule has 0 aromatic carbocycles. The molecule has 0 amide bonds. The molecule has 202 valence electrons. The fourth-order valence-electron chi connectivity index (χ4n) is 9.13. The van der Waals surface area contributed by atoms with Gasteiger partial charge in [0.25, 0.3) is 0 Å². The Balaban J connectivity index is 1.09. The van der Waals surface area contributed by atoms with Crippen molar-refractivity contribution in [1.82, 2.24) is 0 Å². The van der Waals surface area contributed by atoms with Gasteiger partial charge >= 0.3 is 27.3 Å². The molecule has 1 N–H and O–H groups in total. The zero-order valence-corrected chi connectivity index (χ0v) is 20.9. The Kier molecular flexibility index (Phi) is 6.15. The van der Waals surface area contributed by atoms with Gasteiger partial charge in [0.05, 0.1) is 12.0 Å². The van der Waals surface area contributed by atoms with E-state index in [0.29, 0.717) is 37.0 Å². The molecule has 11 atom stereocenters. The molecule has 0 heterocycles. The SMILES string of the molecule is O=C(OCOC1CC2CCC3CC2CC1C3)C1C2CC3CC(C2)C(OC(=O)C(F)(F)S(=O)(=O)O)C1C3. The van der Waals surface area contributed by atoms with Crippen LogP contribution in [-0.4, -0.2) is 49.2 Å². The third-order valence-corrected chi connectivity index (χ3v) is 11.3. The standard InChI is InChI=1S/C25H34F2O8S/c26-25(27,36(30,31)32)24(29)35-22-18-6-13-5-17(9-18)21(19(22)7-13)23(28)34-11-33-20-10-14-2-1-12-3-15(14)8-16(20)4-12/h12-22H,1-11H2,(H,30,31,32). The molecule has 7 fully saturated rings. The highest BCUT2D eigenvalue weighted by Gasteiger charge is 2.61. The van der Waals surface area contributed by atoms with Crippen molar-refractivity contribution in [2.24, 2.45) is 53.3 Å². The largest absolute Gasteiger partial charge is 0.465 e. The summed E-state index contributed by atoms with van der Waals surface area (Å²) in [6, 6.07) is 0. The normalized spacial score (nSPS) is 44.9. The van der Waals surface area contributed by atoms with Crippen molar-refractivity contribution >= 4 is 22.1 Å². The Morgan fingerprint density at radius 1 is 0.833 bits per heavy atom. The number of halogens is 2. The molecule has 0 aliphatic heterocycles. The molecule has 8 nitrogen and oxygen atoms in total. The summed E-state index contributed by atoms with van der Waals surface area (Å²) in [7, 11) is -5.96. The third kappa shape index (κ3) is 4.17. The van der Waals surface area contributed by atoms with Crippen LogP contribution in [0.3, 0.4) is 0 Å². The molecule has 7 aliphatic carbocycles. The topological polar surface area (TPSA) is 116 Å². The lowest BCUT2D eigenvalue weighted by Gasteiger charge is -2.56. The number of fused-ring (bicyclic) bond motifs is 2. The summed E-state index contributed by atoms with van der Waals surface area (Å²) in [6.07, 6.45) is 8.95. The zero-order chi connectivity index (χ0) is 25.4. The van der Waals surface area contributed by atoms with Crippen LogP contribution in [0.5, 0.6) is 0 Å². The zero-order valence-electron chi connectivity index (χ0n) is 20.1. The quantitative estimate of drug-likeness (QED) is 0.299. The minimum Gasteiger partial charge on any atom is -0.456 e. The first kappa shape index (κ1) is 25.0. The van der Waals surface area contributed by atoms with E-state index >= 15 is 0 Å². The highest BCUT2D eigenvalue weighted by Crippen LogP contribution is 2.58. The number of esters is 2. The maximum atomic E-state index is 13.9. The van der Waals surface area contributed by atoms with Gasteiger partial charge in [-0.25, -0.2) is 4.79 Å². The predicted octanol–water partition coefficient (Wildman–Crippen LogP) is 3.79. The summed E-state index contributed by atoms with van der Waals surface area (Å²) in [5.74, 6) is -0.969. The molecule has 0 aromatic rings. The van der Waals surface area contributed by atoms with Gasteiger partial charge in [-0.15, -0.1) is 0 Å². The van der Waals surface area contributed by atoms with Crippen molar-refractivity contribution in [3.8, 4) is 0 Å². The van der Waals surface area contributed by atoms with Crippen LogP contribution in [0.2, 0.25) is 0 Å². The Hall–Kier alpha value is -1.33. The molecule has 0 saturated heterocycles. The molecule has 7 bridgehead atoms. The third-order valence-electron chi connectivity index (χ3n) is 10.4. The van der Waals surface area contributed by atoms with Gasteiger partial charge in [0.15, 0.2) is 6.79 Å². The van der Waals surface area contributed by atoms with Gasteiger partial charge in [0.1, 0.15) is 6.10 Å². The van der Waals surface area contributed by atoms with E-state index in [1.807, 2.05) is 0 Å². The number of hydrogen-bond donors (Lipinski definition) is 1. The van der Waals surface area contributed by atoms with Crippen molar-refractivity contribution < 1.29 is 45.6 Å². The highest BCUT2D eigenvalue weighted by molar-refractivity contribution is 7.87. The van der Waals surface area contributed by atoms with E-state index in [4.69, 9.17) is 18.8 Å². The number of ether oxygens (including phenoxy) is 3. The van der Waals surface area contributed by atoms with Gasteiger partial charge in [0, 0.05) is 5.92 Å². The van der Waals surface area contributed by atoms with Crippen molar-refractivity contribution in [1.29, 1.82) is 0 Å². The summed E-state index contributed by atoms with van der Waals surface area (Å²) < 4.78 is 75.1. The first-order valence-corrected chi connectivity index (χ1v) is 14.8. The fraction of sp³-hybridized carbons (Fsp3) is 0.920. The molecule has 0 aromatic heterocycles. The van der Waals surface area contributed by atoms with Gasteiger partial charge < -0.3 is 14.2 Å². The number of rotatable bonds is 7. The van der Waals surface area contributed by atoms with Gasteiger partial charge in [-0.2, -0.15) is 17.2 Å². The first-order valence-electron chi connectivity index (χ1n) is 13.4. The Labute approximate surface area is 209 Å². The summed E-state index contributed by atoms with van der Waals surface area (Å²) in [6.45, 7) is -0.143. The molecule has 7 rings (SSSR count). The van der Waals surface area contributed by atoms with Gasteiger partial charge in [-0.3, -0.25) is 9.35 Å². The first-order chi connectivity index (χ1) is 17.0. The van der Waals surface area contributed by atoms with Crippen LogP contribution in [0.25, 0.3) is 0 Å². The van der Waals surface area contributed by atoms with Crippen molar-refractivity contribution in [2.75, 3.05) is 6.79 Å². The summed E-state index contributed by atoms with van der Waals surface area (Å²) in [4.78, 5) is 25.2. The van der Waals surface area contributed by atoms with Crippen LogP contribution < -0.4 is 0 Å². The van der Waals surface area contributed by atoms with E-state index in [0.717, 1.165) is 24.7 Å². The van der Waals surface area contributed by atoms with Crippen LogP contribution in [0.4, 0.5) is 8.78 Å². The lowest BCUT2D eigenvalue weighted by atomic mass is 9.50. The molecule has 11 unspecified atom stereocenters. The second-order valence-corrected chi connectivity index (χ2v) is 13.8. The predicted molar refractivity (Wildman–Crippen MR) is 120 cm³/mol. The minimum absolute atomic E-state index is 0.0153. The average Bonchev–Trinajstić information content (AvgIpc) is 2.80. The molecular formula is C25H34F2O8S. The van der Waals surface area contributed by atoms with Crippen LogP contribution >= 0.6 is 0 Å². The summed E-state index contributed by atoms with van der Waals surface area (Å²) in [5.41, 5.74) is 0. The van der Waals surface area contributed by atoms with Crippen LogP contribution in [-0.2, 0) is 33.9 Å². The Morgan fingerprint density at radius 2 is 1.53 bits per heavy atom. The molecule has 11 heteroatoms. The van der Waals surface area contributed by atoms with Gasteiger partial charge in [0.2, 0.25) is 0 Å². The van der Waals surface area contributed by atoms with E-state index in [1.165, 1.54) is 32.1 Å². The minimum atomic E-state index is -5.96. The second-order valence-electron chi connectivity index (χ2n) is 12.3. The number of hydrogen-bond acceptors (Lipinski definition) is 7. The molecule has 0 spiro atoms. The molecule has 0 radical (unpaired) electrons.